The van der Waals surface area contributed by atoms with Crippen molar-refractivity contribution in [2.45, 2.75) is 64.7 Å². The van der Waals surface area contributed by atoms with Crippen LogP contribution in [0.5, 0.6) is 5.75 Å². The summed E-state index contributed by atoms with van der Waals surface area (Å²) in [4.78, 5) is 24.0. The van der Waals surface area contributed by atoms with Gasteiger partial charge in [-0.25, -0.2) is 0 Å². The van der Waals surface area contributed by atoms with E-state index in [4.69, 9.17) is 9.47 Å². The first-order valence-electron chi connectivity index (χ1n) is 10.7. The molecule has 0 unspecified atom stereocenters. The molecule has 4 heteroatoms. The van der Waals surface area contributed by atoms with Gasteiger partial charge in [-0.15, -0.1) is 0 Å². The molecule has 0 saturated carbocycles. The zero-order valence-electron chi connectivity index (χ0n) is 17.4. The third kappa shape index (κ3) is 8.95. The summed E-state index contributed by atoms with van der Waals surface area (Å²) in [6, 6.07) is 17.3. The Labute approximate surface area is 174 Å². The summed E-state index contributed by atoms with van der Waals surface area (Å²) in [6.07, 6.45) is 7.82. The minimum atomic E-state index is -0.336. The Morgan fingerprint density at radius 1 is 0.724 bits per heavy atom. The Kier molecular flexibility index (Phi) is 10.6. The molecular weight excluding hydrogens is 364 g/mol. The predicted molar refractivity (Wildman–Crippen MR) is 116 cm³/mol. The van der Waals surface area contributed by atoms with Crippen molar-refractivity contribution in [1.82, 2.24) is 0 Å². The Hall–Kier alpha value is -2.62. The molecule has 0 aliphatic rings. The molecule has 0 N–H and O–H groups in total. The first-order chi connectivity index (χ1) is 14.2. The van der Waals surface area contributed by atoms with E-state index < -0.39 is 0 Å². The molecule has 0 aliphatic heterocycles. The molecule has 0 saturated heterocycles. The number of carbonyl (C=O) groups excluding carboxylic acids is 2. The molecule has 0 spiro atoms. The van der Waals surface area contributed by atoms with Crippen LogP contribution >= 0.6 is 0 Å². The second-order valence-corrected chi connectivity index (χ2v) is 7.18. The second-order valence-electron chi connectivity index (χ2n) is 7.18. The lowest BCUT2D eigenvalue weighted by Crippen LogP contribution is -2.11. The predicted octanol–water partition coefficient (Wildman–Crippen LogP) is 6.33. The van der Waals surface area contributed by atoms with E-state index >= 15 is 0 Å². The molecular formula is C25H32O4. The summed E-state index contributed by atoms with van der Waals surface area (Å²) in [5.41, 5.74) is 1.87. The lowest BCUT2D eigenvalue weighted by molar-refractivity contribution is -0.144. The molecule has 0 heterocycles. The maximum atomic E-state index is 12.2. The van der Waals surface area contributed by atoms with Crippen LogP contribution in [-0.4, -0.2) is 18.5 Å². The van der Waals surface area contributed by atoms with Crippen LogP contribution in [0.15, 0.2) is 54.6 Å². The third-order valence-electron chi connectivity index (χ3n) is 4.72. The third-order valence-corrected chi connectivity index (χ3v) is 4.72. The highest BCUT2D eigenvalue weighted by atomic mass is 16.5. The largest absolute Gasteiger partial charge is 0.466 e. The molecule has 2 rings (SSSR count). The number of esters is 2. The van der Waals surface area contributed by atoms with E-state index in [-0.39, 0.29) is 24.8 Å². The lowest BCUT2D eigenvalue weighted by Gasteiger charge is -2.10. The van der Waals surface area contributed by atoms with Gasteiger partial charge in [-0.05, 0) is 24.5 Å². The lowest BCUT2D eigenvalue weighted by atomic mass is 10.1. The van der Waals surface area contributed by atoms with E-state index in [9.17, 15) is 9.59 Å². The SMILES string of the molecule is CCCCCCCCOC(=O)CCCC(=O)Oc1ccccc1-c1ccccc1. The molecule has 156 valence electrons. The summed E-state index contributed by atoms with van der Waals surface area (Å²) in [7, 11) is 0. The Bertz CT molecular complexity index is 739. The van der Waals surface area contributed by atoms with Gasteiger partial charge < -0.3 is 9.47 Å². The van der Waals surface area contributed by atoms with E-state index in [0.717, 1.165) is 24.0 Å². The average Bonchev–Trinajstić information content (AvgIpc) is 2.74. The molecule has 0 bridgehead atoms. The molecule has 2 aromatic rings. The fraction of sp³-hybridized carbons (Fsp3) is 0.440. The van der Waals surface area contributed by atoms with Crippen molar-refractivity contribution in [2.24, 2.45) is 0 Å². The van der Waals surface area contributed by atoms with Crippen LogP contribution in [0.25, 0.3) is 11.1 Å². The zero-order valence-corrected chi connectivity index (χ0v) is 17.4. The number of hydrogen-bond acceptors (Lipinski definition) is 4. The highest BCUT2D eigenvalue weighted by Crippen LogP contribution is 2.29. The molecule has 29 heavy (non-hydrogen) atoms. The molecule has 0 aliphatic carbocycles. The van der Waals surface area contributed by atoms with Gasteiger partial charge in [0.2, 0.25) is 0 Å². The Balaban J connectivity index is 1.66. The van der Waals surface area contributed by atoms with Crippen LogP contribution < -0.4 is 4.74 Å². The highest BCUT2D eigenvalue weighted by molar-refractivity contribution is 5.78. The van der Waals surface area contributed by atoms with Gasteiger partial charge in [0.1, 0.15) is 5.75 Å². The highest BCUT2D eigenvalue weighted by Gasteiger charge is 2.11. The number of carbonyl (C=O) groups is 2. The van der Waals surface area contributed by atoms with Crippen molar-refractivity contribution >= 4 is 11.9 Å². The molecule has 2 aromatic carbocycles. The van der Waals surface area contributed by atoms with Crippen molar-refractivity contribution in [2.75, 3.05) is 6.61 Å². The Morgan fingerprint density at radius 3 is 2.17 bits per heavy atom. The normalized spacial score (nSPS) is 10.5. The van der Waals surface area contributed by atoms with Crippen molar-refractivity contribution in [3.63, 3.8) is 0 Å². The van der Waals surface area contributed by atoms with Crippen molar-refractivity contribution < 1.29 is 19.1 Å². The van der Waals surface area contributed by atoms with E-state index in [2.05, 4.69) is 6.92 Å². The molecule has 0 aromatic heterocycles. The smallest absolute Gasteiger partial charge is 0.311 e. The van der Waals surface area contributed by atoms with E-state index in [1.807, 2.05) is 48.5 Å². The van der Waals surface area contributed by atoms with Gasteiger partial charge in [-0.2, -0.15) is 0 Å². The summed E-state index contributed by atoms with van der Waals surface area (Å²) in [5, 5.41) is 0. The van der Waals surface area contributed by atoms with Gasteiger partial charge in [-0.3, -0.25) is 9.59 Å². The van der Waals surface area contributed by atoms with Gasteiger partial charge >= 0.3 is 11.9 Å². The van der Waals surface area contributed by atoms with E-state index in [0.29, 0.717) is 18.8 Å². The zero-order chi connectivity index (χ0) is 20.7. The second kappa shape index (κ2) is 13.5. The number of benzene rings is 2. The van der Waals surface area contributed by atoms with E-state index in [1.165, 1.54) is 25.7 Å². The summed E-state index contributed by atoms with van der Waals surface area (Å²) in [5.74, 6) is -0.0394. The number of unbranched alkanes of at least 4 members (excludes halogenated alkanes) is 5. The van der Waals surface area contributed by atoms with Crippen LogP contribution in [0.2, 0.25) is 0 Å². The van der Waals surface area contributed by atoms with Crippen molar-refractivity contribution in [3.8, 4) is 16.9 Å². The fourth-order valence-electron chi connectivity index (χ4n) is 3.10. The minimum Gasteiger partial charge on any atom is -0.466 e. The van der Waals surface area contributed by atoms with Gasteiger partial charge in [-0.1, -0.05) is 87.6 Å². The van der Waals surface area contributed by atoms with E-state index in [1.54, 1.807) is 6.07 Å². The molecule has 4 nitrogen and oxygen atoms in total. The van der Waals surface area contributed by atoms with Crippen molar-refractivity contribution in [3.05, 3.63) is 54.6 Å². The summed E-state index contributed by atoms with van der Waals surface area (Å²) < 4.78 is 10.8. The Morgan fingerprint density at radius 2 is 1.38 bits per heavy atom. The standard InChI is InChI=1S/C25H32O4/c1-2-3-4-5-6-12-20-28-24(26)18-13-19-25(27)29-23-17-11-10-16-22(23)21-14-8-7-9-15-21/h7-11,14-17H,2-6,12-13,18-20H2,1H3. The quantitative estimate of drug-likeness (QED) is 0.225. The van der Waals surface area contributed by atoms with Crippen LogP contribution in [0.1, 0.15) is 64.7 Å². The molecule has 0 atom stereocenters. The minimum absolute atomic E-state index is 0.190. The molecule has 0 radical (unpaired) electrons. The first kappa shape index (κ1) is 22.7. The first-order valence-corrected chi connectivity index (χ1v) is 10.7. The maximum absolute atomic E-state index is 12.2. The van der Waals surface area contributed by atoms with Gasteiger partial charge in [0.25, 0.3) is 0 Å². The topological polar surface area (TPSA) is 52.6 Å². The number of para-hydroxylation sites is 1. The maximum Gasteiger partial charge on any atom is 0.311 e. The summed E-state index contributed by atoms with van der Waals surface area (Å²) in [6.45, 7) is 2.67. The van der Waals surface area contributed by atoms with Crippen molar-refractivity contribution in [1.29, 1.82) is 0 Å². The number of hydrogen-bond donors (Lipinski definition) is 0. The van der Waals surface area contributed by atoms with Crippen LogP contribution in [0, 0.1) is 0 Å². The van der Waals surface area contributed by atoms with Gasteiger partial charge in [0.15, 0.2) is 0 Å². The average molecular weight is 397 g/mol. The van der Waals surface area contributed by atoms with Gasteiger partial charge in [0.05, 0.1) is 6.61 Å². The fourth-order valence-corrected chi connectivity index (χ4v) is 3.10. The van der Waals surface area contributed by atoms with Crippen LogP contribution in [0.4, 0.5) is 0 Å². The molecule has 0 fully saturated rings. The summed E-state index contributed by atoms with van der Waals surface area (Å²) >= 11 is 0. The van der Waals surface area contributed by atoms with Crippen LogP contribution in [0.3, 0.4) is 0 Å². The number of rotatable bonds is 13. The molecule has 0 amide bonds. The van der Waals surface area contributed by atoms with Crippen LogP contribution in [-0.2, 0) is 14.3 Å². The number of ether oxygens (including phenoxy) is 2. The van der Waals surface area contributed by atoms with Gasteiger partial charge in [0, 0.05) is 18.4 Å². The monoisotopic (exact) mass is 396 g/mol.